The van der Waals surface area contributed by atoms with E-state index >= 15 is 0 Å². The Bertz CT molecular complexity index is 437. The third kappa shape index (κ3) is 3.04. The molecule has 0 bridgehead atoms. The highest BCUT2D eigenvalue weighted by molar-refractivity contribution is 9.10. The van der Waals surface area contributed by atoms with Crippen LogP contribution in [0.2, 0.25) is 0 Å². The van der Waals surface area contributed by atoms with Crippen molar-refractivity contribution in [2.24, 2.45) is 0 Å². The zero-order chi connectivity index (χ0) is 12.4. The Morgan fingerprint density at radius 1 is 1.59 bits per heavy atom. The van der Waals surface area contributed by atoms with E-state index in [2.05, 4.69) is 26.2 Å². The topological polar surface area (TPSA) is 51.2 Å². The summed E-state index contributed by atoms with van der Waals surface area (Å²) in [6.45, 7) is 3.89. The van der Waals surface area contributed by atoms with Gasteiger partial charge in [-0.05, 0) is 54.2 Å². The van der Waals surface area contributed by atoms with Crippen molar-refractivity contribution in [3.63, 3.8) is 0 Å². The Balaban J connectivity index is 2.03. The van der Waals surface area contributed by atoms with Crippen molar-refractivity contribution in [1.29, 1.82) is 0 Å². The lowest BCUT2D eigenvalue weighted by molar-refractivity contribution is -0.126. The van der Waals surface area contributed by atoms with Gasteiger partial charge in [0.25, 0.3) is 5.91 Å². The molecule has 1 aliphatic heterocycles. The maximum absolute atomic E-state index is 11.9. The van der Waals surface area contributed by atoms with E-state index < -0.39 is 0 Å². The second-order valence-corrected chi connectivity index (χ2v) is 5.24. The summed E-state index contributed by atoms with van der Waals surface area (Å²) in [5, 5.41) is 2.80. The molecule has 5 heteroatoms. The molecular weight excluding hydrogens is 284 g/mol. The smallest absolute Gasteiger partial charge is 0.254 e. The highest BCUT2D eigenvalue weighted by atomic mass is 79.9. The minimum Gasteiger partial charge on any atom is -0.365 e. The number of aromatic nitrogens is 1. The first-order valence-corrected chi connectivity index (χ1v) is 6.44. The Hall–Kier alpha value is -0.940. The van der Waals surface area contributed by atoms with Gasteiger partial charge >= 0.3 is 0 Å². The van der Waals surface area contributed by atoms with Crippen molar-refractivity contribution in [2.45, 2.75) is 38.9 Å². The van der Waals surface area contributed by atoms with E-state index in [1.807, 2.05) is 19.9 Å². The molecule has 2 heterocycles. The number of carbonyl (C=O) groups is 1. The minimum atomic E-state index is -0.338. The van der Waals surface area contributed by atoms with Gasteiger partial charge < -0.3 is 10.1 Å². The molecule has 0 saturated carbocycles. The number of ether oxygens (including phenoxy) is 1. The summed E-state index contributed by atoms with van der Waals surface area (Å²) in [6, 6.07) is 1.92. The van der Waals surface area contributed by atoms with E-state index in [9.17, 15) is 4.79 Å². The lowest BCUT2D eigenvalue weighted by Gasteiger charge is -2.12. The molecule has 1 amide bonds. The number of carbonyl (C=O) groups excluding carboxylic acids is 1. The molecule has 1 aromatic rings. The number of aryl methyl sites for hydroxylation is 1. The Labute approximate surface area is 109 Å². The van der Waals surface area contributed by atoms with Crippen LogP contribution < -0.4 is 5.32 Å². The predicted octanol–water partition coefficient (Wildman–Crippen LogP) is 2.66. The molecule has 1 aromatic heterocycles. The molecule has 2 rings (SSSR count). The maximum Gasteiger partial charge on any atom is 0.254 e. The highest BCUT2D eigenvalue weighted by Crippen LogP contribution is 2.22. The highest BCUT2D eigenvalue weighted by Gasteiger charge is 2.28. The van der Waals surface area contributed by atoms with Crippen LogP contribution >= 0.6 is 15.9 Å². The Kier molecular flexibility index (Phi) is 3.79. The van der Waals surface area contributed by atoms with E-state index in [1.54, 1.807) is 6.20 Å². The van der Waals surface area contributed by atoms with Crippen molar-refractivity contribution >= 4 is 27.7 Å². The molecule has 1 saturated heterocycles. The first-order valence-electron chi connectivity index (χ1n) is 5.64. The van der Waals surface area contributed by atoms with E-state index in [4.69, 9.17) is 4.74 Å². The maximum atomic E-state index is 11.9. The summed E-state index contributed by atoms with van der Waals surface area (Å²) in [7, 11) is 0. The third-order valence-corrected chi connectivity index (χ3v) is 3.24. The number of hydrogen-bond donors (Lipinski definition) is 1. The second kappa shape index (κ2) is 5.14. The zero-order valence-electron chi connectivity index (χ0n) is 9.87. The van der Waals surface area contributed by atoms with Gasteiger partial charge in [0.05, 0.1) is 6.10 Å². The van der Waals surface area contributed by atoms with Crippen molar-refractivity contribution in [3.05, 3.63) is 22.3 Å². The molecule has 0 radical (unpaired) electrons. The fourth-order valence-electron chi connectivity index (χ4n) is 1.86. The van der Waals surface area contributed by atoms with Gasteiger partial charge in [0, 0.05) is 10.7 Å². The summed E-state index contributed by atoms with van der Waals surface area (Å²) >= 11 is 3.34. The number of amides is 1. The summed E-state index contributed by atoms with van der Waals surface area (Å²) in [5.74, 6) is 0.494. The molecule has 2 atom stereocenters. The molecule has 17 heavy (non-hydrogen) atoms. The van der Waals surface area contributed by atoms with Crippen molar-refractivity contribution in [2.75, 3.05) is 5.32 Å². The summed E-state index contributed by atoms with van der Waals surface area (Å²) in [5.41, 5.74) is 0.929. The molecule has 92 valence electrons. The number of nitrogens with one attached hydrogen (secondary N) is 1. The molecule has 4 nitrogen and oxygen atoms in total. The van der Waals surface area contributed by atoms with E-state index in [0.717, 1.165) is 22.9 Å². The molecular formula is C12H15BrN2O2. The first-order chi connectivity index (χ1) is 8.06. The normalized spacial score (nSPS) is 23.7. The van der Waals surface area contributed by atoms with Gasteiger partial charge in [0.15, 0.2) is 0 Å². The van der Waals surface area contributed by atoms with Gasteiger partial charge in [-0.2, -0.15) is 0 Å². The SMILES string of the molecule is Cc1cc(Br)cnc1NC(=O)C1CCC(C)O1. The molecule has 0 aliphatic carbocycles. The van der Waals surface area contributed by atoms with Gasteiger partial charge in [-0.15, -0.1) is 0 Å². The van der Waals surface area contributed by atoms with Gasteiger partial charge in [-0.3, -0.25) is 4.79 Å². The molecule has 2 unspecified atom stereocenters. The standard InChI is InChI=1S/C12H15BrN2O2/c1-7-5-9(13)6-14-11(7)15-12(16)10-4-3-8(2)17-10/h5-6,8,10H,3-4H2,1-2H3,(H,14,15,16). The average molecular weight is 299 g/mol. The lowest BCUT2D eigenvalue weighted by Crippen LogP contribution is -2.28. The van der Waals surface area contributed by atoms with Crippen molar-refractivity contribution in [3.8, 4) is 0 Å². The largest absolute Gasteiger partial charge is 0.365 e. The molecule has 1 fully saturated rings. The minimum absolute atomic E-state index is 0.104. The van der Waals surface area contributed by atoms with Crippen LogP contribution in [0.5, 0.6) is 0 Å². The van der Waals surface area contributed by atoms with E-state index in [1.165, 1.54) is 0 Å². The second-order valence-electron chi connectivity index (χ2n) is 4.32. The number of pyridine rings is 1. The fraction of sp³-hybridized carbons (Fsp3) is 0.500. The summed E-state index contributed by atoms with van der Waals surface area (Å²) < 4.78 is 6.41. The van der Waals surface area contributed by atoms with Gasteiger partial charge in [-0.1, -0.05) is 0 Å². The summed E-state index contributed by atoms with van der Waals surface area (Å²) in [6.07, 6.45) is 3.22. The van der Waals surface area contributed by atoms with Crippen LogP contribution in [0.1, 0.15) is 25.3 Å². The van der Waals surface area contributed by atoms with Crippen molar-refractivity contribution in [1.82, 2.24) is 4.98 Å². The van der Waals surface area contributed by atoms with Crippen molar-refractivity contribution < 1.29 is 9.53 Å². The van der Waals surface area contributed by atoms with Crippen LogP contribution in [-0.2, 0) is 9.53 Å². The van der Waals surface area contributed by atoms with Gasteiger partial charge in [0.2, 0.25) is 0 Å². The van der Waals surface area contributed by atoms with Crippen LogP contribution in [-0.4, -0.2) is 23.1 Å². The average Bonchev–Trinajstić information content (AvgIpc) is 2.69. The molecule has 1 N–H and O–H groups in total. The number of hydrogen-bond acceptors (Lipinski definition) is 3. The third-order valence-electron chi connectivity index (χ3n) is 2.81. The Morgan fingerprint density at radius 3 is 2.94 bits per heavy atom. The first kappa shape index (κ1) is 12.5. The van der Waals surface area contributed by atoms with Crippen LogP contribution in [0.3, 0.4) is 0 Å². The molecule has 1 aliphatic rings. The quantitative estimate of drug-likeness (QED) is 0.913. The van der Waals surface area contributed by atoms with Gasteiger partial charge in [-0.25, -0.2) is 4.98 Å². The monoisotopic (exact) mass is 298 g/mol. The van der Waals surface area contributed by atoms with Crippen LogP contribution in [0.15, 0.2) is 16.7 Å². The number of anilines is 1. The predicted molar refractivity (Wildman–Crippen MR) is 68.9 cm³/mol. The number of rotatable bonds is 2. The number of halogens is 1. The zero-order valence-corrected chi connectivity index (χ0v) is 11.5. The lowest BCUT2D eigenvalue weighted by atomic mass is 10.2. The van der Waals surface area contributed by atoms with Gasteiger partial charge in [0.1, 0.15) is 11.9 Å². The van der Waals surface area contributed by atoms with Crippen LogP contribution in [0.4, 0.5) is 5.82 Å². The number of nitrogens with zero attached hydrogens (tertiary/aromatic N) is 1. The van der Waals surface area contributed by atoms with Crippen LogP contribution in [0.25, 0.3) is 0 Å². The van der Waals surface area contributed by atoms with Crippen LogP contribution in [0, 0.1) is 6.92 Å². The summed E-state index contributed by atoms with van der Waals surface area (Å²) in [4.78, 5) is 16.1. The van der Waals surface area contributed by atoms with E-state index in [-0.39, 0.29) is 18.1 Å². The molecule has 0 spiro atoms. The Morgan fingerprint density at radius 2 is 2.35 bits per heavy atom. The molecule has 0 aromatic carbocycles. The van der Waals surface area contributed by atoms with E-state index in [0.29, 0.717) is 5.82 Å². The fourth-order valence-corrected chi connectivity index (χ4v) is 2.31.